The molecule has 9 heteroatoms. The van der Waals surface area contributed by atoms with Crippen molar-refractivity contribution in [3.63, 3.8) is 0 Å². The average molecular weight is 319 g/mol. The van der Waals surface area contributed by atoms with E-state index in [0.717, 1.165) is 6.07 Å². The van der Waals surface area contributed by atoms with Crippen LogP contribution in [0.4, 0.5) is 0 Å². The van der Waals surface area contributed by atoms with Crippen LogP contribution in [0.25, 0.3) is 0 Å². The molecule has 0 bridgehead atoms. The second-order valence-corrected chi connectivity index (χ2v) is 6.33. The minimum atomic E-state index is -4.11. The van der Waals surface area contributed by atoms with Crippen LogP contribution >= 0.6 is 0 Å². The quantitative estimate of drug-likeness (QED) is 0.528. The molecule has 0 fully saturated rings. The lowest BCUT2D eigenvalue weighted by Gasteiger charge is -2.25. The fourth-order valence-corrected chi connectivity index (χ4v) is 2.94. The van der Waals surface area contributed by atoms with Gasteiger partial charge in [-0.25, -0.2) is 17.9 Å². The minimum Gasteiger partial charge on any atom is -0.496 e. The van der Waals surface area contributed by atoms with Gasteiger partial charge in [-0.3, -0.25) is 0 Å². The smallest absolute Gasteiger partial charge is 0.339 e. The summed E-state index contributed by atoms with van der Waals surface area (Å²) >= 11 is 0. The molecule has 0 saturated heterocycles. The summed E-state index contributed by atoms with van der Waals surface area (Å²) in [6.07, 6.45) is 0. The molecule has 118 valence electrons. The minimum absolute atomic E-state index is 0.0218. The highest BCUT2D eigenvalue weighted by molar-refractivity contribution is 7.89. The van der Waals surface area contributed by atoms with Crippen LogP contribution in [0.3, 0.4) is 0 Å². The van der Waals surface area contributed by atoms with E-state index in [2.05, 4.69) is 4.72 Å². The van der Waals surface area contributed by atoms with Crippen LogP contribution in [0.2, 0.25) is 0 Å². The zero-order valence-corrected chi connectivity index (χ0v) is 12.3. The van der Waals surface area contributed by atoms with Crippen LogP contribution in [0.15, 0.2) is 23.1 Å². The number of nitrogens with one attached hydrogen (secondary N) is 1. The van der Waals surface area contributed by atoms with Crippen molar-refractivity contribution >= 4 is 16.0 Å². The number of carbonyl (C=O) groups is 1. The van der Waals surface area contributed by atoms with E-state index in [1.165, 1.54) is 26.2 Å². The summed E-state index contributed by atoms with van der Waals surface area (Å²) in [5, 5.41) is 27.3. The van der Waals surface area contributed by atoms with Crippen molar-refractivity contribution in [2.45, 2.75) is 17.4 Å². The number of aliphatic hydroxyl groups is 2. The highest BCUT2D eigenvalue weighted by Crippen LogP contribution is 2.23. The average Bonchev–Trinajstić information content (AvgIpc) is 2.45. The van der Waals surface area contributed by atoms with Crippen LogP contribution in [-0.2, 0) is 10.0 Å². The molecule has 21 heavy (non-hydrogen) atoms. The molecule has 0 radical (unpaired) electrons. The van der Waals surface area contributed by atoms with E-state index in [0.29, 0.717) is 0 Å². The predicted molar refractivity (Wildman–Crippen MR) is 72.9 cm³/mol. The van der Waals surface area contributed by atoms with Crippen molar-refractivity contribution in [2.75, 3.05) is 20.3 Å². The van der Waals surface area contributed by atoms with Crippen molar-refractivity contribution < 1.29 is 33.3 Å². The predicted octanol–water partition coefficient (Wildman–Crippen LogP) is -0.585. The van der Waals surface area contributed by atoms with Crippen molar-refractivity contribution in [1.82, 2.24) is 4.72 Å². The van der Waals surface area contributed by atoms with Gasteiger partial charge in [-0.2, -0.15) is 0 Å². The SMILES string of the molecule is COc1ccc(S(=O)(=O)NC(C)(CO)CO)cc1C(=O)O. The van der Waals surface area contributed by atoms with Gasteiger partial charge in [0.15, 0.2) is 0 Å². The van der Waals surface area contributed by atoms with Gasteiger partial charge in [0.2, 0.25) is 10.0 Å². The maximum absolute atomic E-state index is 12.2. The molecule has 0 heterocycles. The molecule has 4 N–H and O–H groups in total. The molecule has 0 spiro atoms. The van der Waals surface area contributed by atoms with E-state index in [4.69, 9.17) is 20.1 Å². The molecule has 0 aliphatic heterocycles. The standard InChI is InChI=1S/C12H17NO7S/c1-12(6-14,7-15)13-21(18,19)8-3-4-10(20-2)9(5-8)11(16)17/h3-5,13-15H,6-7H2,1-2H3,(H,16,17). The Morgan fingerprint density at radius 3 is 2.33 bits per heavy atom. The van der Waals surface area contributed by atoms with Gasteiger partial charge in [0, 0.05) is 0 Å². The van der Waals surface area contributed by atoms with Crippen LogP contribution in [-0.4, -0.2) is 55.6 Å². The van der Waals surface area contributed by atoms with Gasteiger partial charge in [0.1, 0.15) is 11.3 Å². The van der Waals surface area contributed by atoms with Crippen molar-refractivity contribution in [3.8, 4) is 5.75 Å². The lowest BCUT2D eigenvalue weighted by molar-refractivity contribution is 0.0693. The first-order valence-electron chi connectivity index (χ1n) is 5.86. The van der Waals surface area contributed by atoms with Crippen molar-refractivity contribution in [3.05, 3.63) is 23.8 Å². The maximum Gasteiger partial charge on any atom is 0.339 e. The number of benzene rings is 1. The Hall–Kier alpha value is -1.68. The Morgan fingerprint density at radius 2 is 1.90 bits per heavy atom. The topological polar surface area (TPSA) is 133 Å². The monoisotopic (exact) mass is 319 g/mol. The Balaban J connectivity index is 3.27. The molecular formula is C12H17NO7S. The summed E-state index contributed by atoms with van der Waals surface area (Å²) in [6, 6.07) is 3.33. The molecule has 1 aromatic rings. The number of methoxy groups -OCH3 is 1. The first kappa shape index (κ1) is 17.4. The zero-order valence-electron chi connectivity index (χ0n) is 11.5. The third kappa shape index (κ3) is 3.91. The van der Waals surface area contributed by atoms with Crippen LogP contribution < -0.4 is 9.46 Å². The first-order chi connectivity index (χ1) is 9.69. The highest BCUT2D eigenvalue weighted by Gasteiger charge is 2.30. The lowest BCUT2D eigenvalue weighted by atomic mass is 10.1. The third-order valence-corrected chi connectivity index (χ3v) is 4.43. The van der Waals surface area contributed by atoms with E-state index in [-0.39, 0.29) is 16.2 Å². The molecule has 0 amide bonds. The zero-order chi connectivity index (χ0) is 16.3. The van der Waals surface area contributed by atoms with Crippen LogP contribution in [0.5, 0.6) is 5.75 Å². The van der Waals surface area contributed by atoms with Gasteiger partial charge in [0.25, 0.3) is 0 Å². The Morgan fingerprint density at radius 1 is 1.33 bits per heavy atom. The summed E-state index contributed by atoms with van der Waals surface area (Å²) in [4.78, 5) is 10.8. The summed E-state index contributed by atoms with van der Waals surface area (Å²) in [5.41, 5.74) is -1.77. The first-order valence-corrected chi connectivity index (χ1v) is 7.34. The second-order valence-electron chi connectivity index (χ2n) is 4.65. The number of carboxylic acids is 1. The third-order valence-electron chi connectivity index (χ3n) is 2.79. The Labute approximate surface area is 122 Å². The fourth-order valence-electron chi connectivity index (χ4n) is 1.52. The van der Waals surface area contributed by atoms with E-state index in [1.54, 1.807) is 0 Å². The van der Waals surface area contributed by atoms with Crippen molar-refractivity contribution in [1.29, 1.82) is 0 Å². The van der Waals surface area contributed by atoms with Gasteiger partial charge < -0.3 is 20.1 Å². The summed E-state index contributed by atoms with van der Waals surface area (Å²) in [7, 11) is -2.85. The molecule has 0 aromatic heterocycles. The van der Waals surface area contributed by atoms with E-state index in [9.17, 15) is 13.2 Å². The van der Waals surface area contributed by atoms with Gasteiger partial charge in [-0.05, 0) is 25.1 Å². The van der Waals surface area contributed by atoms with Gasteiger partial charge in [-0.1, -0.05) is 0 Å². The number of rotatable bonds is 7. The second kappa shape index (κ2) is 6.39. The maximum atomic E-state index is 12.2. The summed E-state index contributed by atoms with van der Waals surface area (Å²) in [6.45, 7) is 0.0710. The molecule has 0 saturated carbocycles. The number of hydrogen-bond acceptors (Lipinski definition) is 6. The summed E-state index contributed by atoms with van der Waals surface area (Å²) < 4.78 is 31.3. The van der Waals surface area contributed by atoms with Gasteiger partial charge in [0.05, 0.1) is 30.8 Å². The largest absolute Gasteiger partial charge is 0.496 e. The number of aromatic carboxylic acids is 1. The Kier molecular flexibility index (Phi) is 5.29. The van der Waals surface area contributed by atoms with E-state index in [1.807, 2.05) is 0 Å². The molecule has 0 unspecified atom stereocenters. The number of sulfonamides is 1. The Bertz CT molecular complexity index is 622. The molecular weight excluding hydrogens is 302 g/mol. The molecule has 1 rings (SSSR count). The lowest BCUT2D eigenvalue weighted by Crippen LogP contribution is -2.51. The molecule has 1 aromatic carbocycles. The van der Waals surface area contributed by atoms with Crippen LogP contribution in [0, 0.1) is 0 Å². The number of carboxylic acid groups (broad SMARTS) is 1. The van der Waals surface area contributed by atoms with E-state index < -0.39 is 34.7 Å². The van der Waals surface area contributed by atoms with Crippen LogP contribution in [0.1, 0.15) is 17.3 Å². The van der Waals surface area contributed by atoms with Crippen molar-refractivity contribution in [2.24, 2.45) is 0 Å². The van der Waals surface area contributed by atoms with Gasteiger partial charge >= 0.3 is 5.97 Å². The molecule has 0 aliphatic carbocycles. The fraction of sp³-hybridized carbons (Fsp3) is 0.417. The van der Waals surface area contributed by atoms with E-state index >= 15 is 0 Å². The highest BCUT2D eigenvalue weighted by atomic mass is 32.2. The molecule has 0 atom stereocenters. The normalized spacial score (nSPS) is 12.2. The molecule has 0 aliphatic rings. The number of ether oxygens (including phenoxy) is 1. The molecule has 8 nitrogen and oxygen atoms in total. The number of aliphatic hydroxyl groups excluding tert-OH is 2. The summed E-state index contributed by atoms with van der Waals surface area (Å²) in [5.74, 6) is -1.32. The number of hydrogen-bond donors (Lipinski definition) is 4. The van der Waals surface area contributed by atoms with Gasteiger partial charge in [-0.15, -0.1) is 0 Å².